The second-order valence-electron chi connectivity index (χ2n) is 12.5. The third-order valence-electron chi connectivity index (χ3n) is 9.30. The molecule has 0 radical (unpaired) electrons. The van der Waals surface area contributed by atoms with Gasteiger partial charge in [0.25, 0.3) is 0 Å². The lowest BCUT2D eigenvalue weighted by Crippen LogP contribution is -2.45. The van der Waals surface area contributed by atoms with E-state index in [-0.39, 0.29) is 18.2 Å². The van der Waals surface area contributed by atoms with Crippen LogP contribution in [0.15, 0.2) is 30.3 Å². The number of hydroxylamine groups is 1. The molecule has 1 aromatic carbocycles. The summed E-state index contributed by atoms with van der Waals surface area (Å²) in [7, 11) is 1.67. The van der Waals surface area contributed by atoms with Crippen LogP contribution in [0.2, 0.25) is 0 Å². The number of nitrogens with one attached hydrogen (secondary N) is 1. The number of hydrogen-bond donors (Lipinski definition) is 2. The van der Waals surface area contributed by atoms with Crippen molar-refractivity contribution in [2.75, 3.05) is 56.4 Å². The van der Waals surface area contributed by atoms with Crippen LogP contribution in [0.5, 0.6) is 5.75 Å². The number of aromatic nitrogens is 3. The number of unbranched alkanes of at least 4 members (excludes halogenated alkanes) is 3. The van der Waals surface area contributed by atoms with E-state index in [9.17, 15) is 4.79 Å². The molecule has 1 amide bonds. The molecule has 46 heavy (non-hydrogen) atoms. The van der Waals surface area contributed by atoms with Crippen LogP contribution >= 0.6 is 0 Å². The smallest absolute Gasteiger partial charge is 0.243 e. The molecule has 0 aliphatic carbocycles. The van der Waals surface area contributed by atoms with Crippen molar-refractivity contribution >= 4 is 28.7 Å². The van der Waals surface area contributed by atoms with Crippen LogP contribution in [0.25, 0.3) is 22.3 Å². The monoisotopic (exact) mass is 634 g/mol. The van der Waals surface area contributed by atoms with Gasteiger partial charge in [-0.15, -0.1) is 0 Å². The van der Waals surface area contributed by atoms with E-state index >= 15 is 0 Å². The zero-order valence-corrected chi connectivity index (χ0v) is 26.9. The highest BCUT2D eigenvalue weighted by Crippen LogP contribution is 2.35. The Bertz CT molecular complexity index is 1480. The molecule has 2 bridgehead atoms. The first-order valence-corrected chi connectivity index (χ1v) is 16.6. The molecule has 4 fully saturated rings. The fourth-order valence-corrected chi connectivity index (χ4v) is 6.62. The SMILES string of the molecule is COc1ccc(-c2ccc3c(N4CCOC[C@@H]4C)nc(N4CCC5CCC4OC5)nc3n2)cc1COCCCCCCC(=O)NO. The van der Waals surface area contributed by atoms with Gasteiger partial charge in [-0.1, -0.05) is 12.8 Å². The van der Waals surface area contributed by atoms with Crippen molar-refractivity contribution in [3.05, 3.63) is 35.9 Å². The van der Waals surface area contributed by atoms with E-state index in [1.807, 2.05) is 18.2 Å². The average molecular weight is 635 g/mol. The van der Waals surface area contributed by atoms with E-state index < -0.39 is 0 Å². The lowest BCUT2D eigenvalue weighted by molar-refractivity contribution is -0.129. The van der Waals surface area contributed by atoms with Crippen molar-refractivity contribution in [2.45, 2.75) is 77.2 Å². The molecule has 0 saturated carbocycles. The number of anilines is 2. The van der Waals surface area contributed by atoms with E-state index in [1.165, 1.54) is 6.42 Å². The highest BCUT2D eigenvalue weighted by molar-refractivity contribution is 5.90. The Balaban J connectivity index is 1.23. The molecule has 4 aliphatic rings. The van der Waals surface area contributed by atoms with Crippen molar-refractivity contribution in [1.82, 2.24) is 20.4 Å². The number of ether oxygens (including phenoxy) is 4. The third kappa shape index (κ3) is 7.52. The Labute approximate surface area is 270 Å². The molecule has 12 heteroatoms. The number of nitrogens with zero attached hydrogens (tertiary/aromatic N) is 5. The highest BCUT2D eigenvalue weighted by Gasteiger charge is 2.34. The van der Waals surface area contributed by atoms with Crippen molar-refractivity contribution in [3.63, 3.8) is 0 Å². The summed E-state index contributed by atoms with van der Waals surface area (Å²) in [5.41, 5.74) is 5.07. The molecule has 3 atom stereocenters. The van der Waals surface area contributed by atoms with Gasteiger partial charge in [0.1, 0.15) is 17.8 Å². The van der Waals surface area contributed by atoms with Crippen LogP contribution in [0.1, 0.15) is 63.9 Å². The van der Waals surface area contributed by atoms with Crippen LogP contribution in [0.4, 0.5) is 11.8 Å². The second kappa shape index (κ2) is 15.3. The van der Waals surface area contributed by atoms with Crippen molar-refractivity contribution in [3.8, 4) is 17.0 Å². The van der Waals surface area contributed by atoms with Crippen molar-refractivity contribution in [2.24, 2.45) is 5.92 Å². The predicted octanol–water partition coefficient (Wildman–Crippen LogP) is 4.86. The van der Waals surface area contributed by atoms with Gasteiger partial charge < -0.3 is 28.7 Å². The number of pyridine rings is 1. The average Bonchev–Trinajstić information content (AvgIpc) is 3.43. The molecule has 4 aliphatic heterocycles. The molecule has 4 saturated heterocycles. The zero-order chi connectivity index (χ0) is 31.9. The van der Waals surface area contributed by atoms with Crippen LogP contribution < -0.4 is 20.0 Å². The predicted molar refractivity (Wildman–Crippen MR) is 174 cm³/mol. The molecule has 6 heterocycles. The summed E-state index contributed by atoms with van der Waals surface area (Å²) < 4.78 is 23.6. The molecule has 0 spiro atoms. The standard InChI is InChI=1S/C34H46N6O6/c1-23-20-45-18-16-39(23)33-27-10-11-28(35-32(27)36-34(37-33)40-15-14-24-8-13-31(40)46-21-24)25-9-12-29(43-2)26(19-25)22-44-17-6-4-3-5-7-30(41)38-42/h9-12,19,23-24,31,42H,3-8,13-18,20-22H2,1-2H3,(H,38,41)/t23-,24?,31?/m0/s1. The van der Waals surface area contributed by atoms with E-state index in [1.54, 1.807) is 12.6 Å². The number of methoxy groups -OCH3 is 1. The summed E-state index contributed by atoms with van der Waals surface area (Å²) in [5.74, 6) is 2.60. The molecule has 2 N–H and O–H groups in total. The molecule has 2 aromatic heterocycles. The minimum absolute atomic E-state index is 0.00810. The minimum atomic E-state index is -0.345. The second-order valence-corrected chi connectivity index (χ2v) is 12.5. The Morgan fingerprint density at radius 1 is 1.02 bits per heavy atom. The first kappa shape index (κ1) is 32.4. The summed E-state index contributed by atoms with van der Waals surface area (Å²) in [4.78, 5) is 31.1. The van der Waals surface area contributed by atoms with Gasteiger partial charge >= 0.3 is 0 Å². The maximum atomic E-state index is 11.1. The largest absolute Gasteiger partial charge is 0.496 e. The fraction of sp³-hybridized carbons (Fsp3) is 0.588. The van der Waals surface area contributed by atoms with E-state index in [2.05, 4.69) is 28.9 Å². The van der Waals surface area contributed by atoms with Crippen LogP contribution in [0, 0.1) is 5.92 Å². The summed E-state index contributed by atoms with van der Waals surface area (Å²) in [5, 5.41) is 9.53. The number of carbonyl (C=O) groups is 1. The third-order valence-corrected chi connectivity index (χ3v) is 9.30. The fourth-order valence-electron chi connectivity index (χ4n) is 6.62. The van der Waals surface area contributed by atoms with Crippen LogP contribution in [0.3, 0.4) is 0 Å². The number of hydrogen-bond acceptors (Lipinski definition) is 11. The Kier molecular flexibility index (Phi) is 10.8. The maximum Gasteiger partial charge on any atom is 0.243 e. The Morgan fingerprint density at radius 3 is 2.72 bits per heavy atom. The number of carbonyl (C=O) groups excluding carboxylic acids is 1. The van der Waals surface area contributed by atoms with E-state index in [0.29, 0.717) is 50.4 Å². The van der Waals surface area contributed by atoms with Crippen molar-refractivity contribution < 1.29 is 28.9 Å². The minimum Gasteiger partial charge on any atom is -0.496 e. The van der Waals surface area contributed by atoms with E-state index in [0.717, 1.165) is 92.0 Å². The van der Waals surface area contributed by atoms with E-state index in [4.69, 9.17) is 39.1 Å². The molecular weight excluding hydrogens is 588 g/mol. The number of amides is 1. The Hall–Kier alpha value is -3.58. The van der Waals surface area contributed by atoms with Gasteiger partial charge in [0.2, 0.25) is 11.9 Å². The molecule has 7 rings (SSSR count). The van der Waals surface area contributed by atoms with Crippen molar-refractivity contribution in [1.29, 1.82) is 0 Å². The van der Waals surface area contributed by atoms with Gasteiger partial charge in [-0.05, 0) is 75.3 Å². The molecule has 3 aromatic rings. The molecular formula is C34H46N6O6. The normalized spacial score (nSPS) is 21.4. The van der Waals surface area contributed by atoms with Gasteiger partial charge in [0.05, 0.1) is 50.7 Å². The first-order chi connectivity index (χ1) is 22.5. The lowest BCUT2D eigenvalue weighted by Gasteiger charge is -2.36. The quantitative estimate of drug-likeness (QED) is 0.152. The first-order valence-electron chi connectivity index (χ1n) is 16.6. The van der Waals surface area contributed by atoms with Gasteiger partial charge in [-0.3, -0.25) is 10.0 Å². The number of rotatable bonds is 13. The topological polar surface area (TPSA) is 131 Å². The van der Waals surface area contributed by atoms with Gasteiger partial charge in [0, 0.05) is 37.2 Å². The summed E-state index contributed by atoms with van der Waals surface area (Å²) >= 11 is 0. The van der Waals surface area contributed by atoms with Crippen LogP contribution in [-0.2, 0) is 25.6 Å². The zero-order valence-electron chi connectivity index (χ0n) is 26.9. The molecule has 12 nitrogen and oxygen atoms in total. The van der Waals surface area contributed by atoms with Crippen LogP contribution in [-0.4, -0.2) is 85.0 Å². The summed E-state index contributed by atoms with van der Waals surface area (Å²) in [6.45, 7) is 6.96. The number of morpholine rings is 1. The van der Waals surface area contributed by atoms with Gasteiger partial charge in [0.15, 0.2) is 5.65 Å². The summed E-state index contributed by atoms with van der Waals surface area (Å²) in [6.07, 6.45) is 7.07. The van der Waals surface area contributed by atoms with Gasteiger partial charge in [-0.2, -0.15) is 9.97 Å². The number of benzene rings is 1. The summed E-state index contributed by atoms with van der Waals surface area (Å²) in [6, 6.07) is 10.4. The highest BCUT2D eigenvalue weighted by atomic mass is 16.5. The Morgan fingerprint density at radius 2 is 1.91 bits per heavy atom. The maximum absolute atomic E-state index is 11.1. The lowest BCUT2D eigenvalue weighted by atomic mass is 10.0. The number of fused-ring (bicyclic) bond motifs is 5. The molecule has 2 unspecified atom stereocenters. The molecule has 248 valence electrons. The van der Waals surface area contributed by atoms with Gasteiger partial charge in [-0.25, -0.2) is 10.5 Å².